The molecule has 0 saturated heterocycles. The van der Waals surface area contributed by atoms with Crippen LogP contribution in [-0.2, 0) is 17.8 Å². The van der Waals surface area contributed by atoms with E-state index in [0.29, 0.717) is 23.9 Å². The summed E-state index contributed by atoms with van der Waals surface area (Å²) in [5.41, 5.74) is 2.14. The number of thioether (sulfide) groups is 1. The van der Waals surface area contributed by atoms with E-state index in [-0.39, 0.29) is 11.2 Å². The number of hydrogen-bond donors (Lipinski definition) is 1. The highest BCUT2D eigenvalue weighted by atomic mass is 32.2. The number of aromatic nitrogens is 3. The average Bonchev–Trinajstić information content (AvgIpc) is 3.08. The van der Waals surface area contributed by atoms with Gasteiger partial charge in [-0.3, -0.25) is 4.79 Å². The normalized spacial score (nSPS) is 11.8. The highest BCUT2D eigenvalue weighted by molar-refractivity contribution is 8.00. The number of nitrogens with two attached hydrogens (primary N) is 1. The van der Waals surface area contributed by atoms with Gasteiger partial charge in [0.2, 0.25) is 11.1 Å². The summed E-state index contributed by atoms with van der Waals surface area (Å²) in [7, 11) is 3.43. The number of methoxy groups -OCH3 is 1. The quantitative estimate of drug-likeness (QED) is 0.453. The minimum atomic E-state index is -0.330. The largest absolute Gasteiger partial charge is 0.497 e. The van der Waals surface area contributed by atoms with Crippen LogP contribution in [0, 0.1) is 0 Å². The molecule has 1 heterocycles. The number of nitrogen functional groups attached to an aromatic ring is 1. The molecule has 0 bridgehead atoms. The van der Waals surface area contributed by atoms with Gasteiger partial charge in [0.1, 0.15) is 5.75 Å². The molecule has 0 unspecified atom stereocenters. The van der Waals surface area contributed by atoms with E-state index >= 15 is 0 Å². The fourth-order valence-electron chi connectivity index (χ4n) is 2.89. The van der Waals surface area contributed by atoms with Crippen LogP contribution in [-0.4, -0.2) is 45.1 Å². The molecule has 1 atom stereocenters. The van der Waals surface area contributed by atoms with Crippen LogP contribution >= 0.6 is 11.8 Å². The van der Waals surface area contributed by atoms with Crippen LogP contribution in [0.1, 0.15) is 23.9 Å². The standard InChI is InChI=1S/C21H25N5O2S/c1-15(20(27)25(2)14-17-7-5-4-6-8-17)29-21-24-23-19(26(21)22)13-16-9-11-18(28-3)12-10-16/h4-12,15H,13-14,22H2,1-3H3/t15-/m1/s1. The lowest BCUT2D eigenvalue weighted by atomic mass is 10.1. The van der Waals surface area contributed by atoms with Crippen molar-refractivity contribution in [2.24, 2.45) is 0 Å². The molecule has 0 radical (unpaired) electrons. The van der Waals surface area contributed by atoms with E-state index in [4.69, 9.17) is 10.6 Å². The third kappa shape index (κ3) is 5.29. The van der Waals surface area contributed by atoms with Crippen molar-refractivity contribution in [3.8, 4) is 5.75 Å². The van der Waals surface area contributed by atoms with Gasteiger partial charge in [-0.25, -0.2) is 4.68 Å². The van der Waals surface area contributed by atoms with Crippen molar-refractivity contribution >= 4 is 17.7 Å². The fourth-order valence-corrected chi connectivity index (χ4v) is 3.79. The zero-order chi connectivity index (χ0) is 20.8. The van der Waals surface area contributed by atoms with E-state index in [1.54, 1.807) is 19.1 Å². The van der Waals surface area contributed by atoms with E-state index < -0.39 is 0 Å². The first kappa shape index (κ1) is 20.7. The maximum Gasteiger partial charge on any atom is 0.235 e. The van der Waals surface area contributed by atoms with E-state index in [2.05, 4.69) is 10.2 Å². The molecule has 2 aromatic carbocycles. The molecule has 0 aliphatic rings. The van der Waals surface area contributed by atoms with Crippen molar-refractivity contribution in [2.75, 3.05) is 20.0 Å². The van der Waals surface area contributed by atoms with Crippen molar-refractivity contribution in [3.05, 3.63) is 71.5 Å². The van der Waals surface area contributed by atoms with Gasteiger partial charge in [0.15, 0.2) is 5.82 Å². The summed E-state index contributed by atoms with van der Waals surface area (Å²) in [6, 6.07) is 17.6. The smallest absolute Gasteiger partial charge is 0.235 e. The third-order valence-electron chi connectivity index (χ3n) is 4.53. The van der Waals surface area contributed by atoms with Crippen LogP contribution < -0.4 is 10.6 Å². The first-order valence-corrected chi connectivity index (χ1v) is 10.1. The molecule has 3 rings (SSSR count). The van der Waals surface area contributed by atoms with Gasteiger partial charge in [0.05, 0.1) is 12.4 Å². The number of rotatable bonds is 8. The lowest BCUT2D eigenvalue weighted by Gasteiger charge is -2.21. The van der Waals surface area contributed by atoms with Gasteiger partial charge in [0, 0.05) is 20.0 Å². The molecular formula is C21H25N5O2S. The minimum absolute atomic E-state index is 0.0126. The molecule has 152 valence electrons. The lowest BCUT2D eigenvalue weighted by molar-refractivity contribution is -0.129. The maximum atomic E-state index is 12.7. The Hall–Kier alpha value is -3.00. The monoisotopic (exact) mass is 411 g/mol. The van der Waals surface area contributed by atoms with Crippen LogP contribution in [0.3, 0.4) is 0 Å². The molecule has 0 fully saturated rings. The van der Waals surface area contributed by atoms with Crippen LogP contribution in [0.5, 0.6) is 5.75 Å². The van der Waals surface area contributed by atoms with E-state index in [1.807, 2.05) is 61.5 Å². The summed E-state index contributed by atoms with van der Waals surface area (Å²) in [6.07, 6.45) is 0.546. The fraction of sp³-hybridized carbons (Fsp3) is 0.286. The second kappa shape index (κ2) is 9.47. The Morgan fingerprint density at radius 2 is 1.83 bits per heavy atom. The summed E-state index contributed by atoms with van der Waals surface area (Å²) in [5, 5.41) is 8.54. The number of hydrogen-bond acceptors (Lipinski definition) is 6. The molecule has 2 N–H and O–H groups in total. The SMILES string of the molecule is COc1ccc(Cc2nnc(S[C@H](C)C(=O)N(C)Cc3ccccc3)n2N)cc1. The number of amides is 1. The molecule has 29 heavy (non-hydrogen) atoms. The van der Waals surface area contributed by atoms with Gasteiger partial charge < -0.3 is 15.5 Å². The van der Waals surface area contributed by atoms with Crippen molar-refractivity contribution < 1.29 is 9.53 Å². The summed E-state index contributed by atoms with van der Waals surface area (Å²) in [4.78, 5) is 14.4. The Morgan fingerprint density at radius 3 is 2.48 bits per heavy atom. The van der Waals surface area contributed by atoms with Gasteiger partial charge in [-0.2, -0.15) is 0 Å². The van der Waals surface area contributed by atoms with Gasteiger partial charge in [-0.1, -0.05) is 54.2 Å². The molecule has 0 aliphatic carbocycles. The first-order valence-electron chi connectivity index (χ1n) is 9.25. The topological polar surface area (TPSA) is 86.3 Å². The molecule has 1 amide bonds. The Morgan fingerprint density at radius 1 is 1.14 bits per heavy atom. The average molecular weight is 412 g/mol. The van der Waals surface area contributed by atoms with Gasteiger partial charge in [-0.05, 0) is 30.2 Å². The van der Waals surface area contributed by atoms with Gasteiger partial charge >= 0.3 is 0 Å². The predicted molar refractivity (Wildman–Crippen MR) is 114 cm³/mol. The lowest BCUT2D eigenvalue weighted by Crippen LogP contribution is -2.33. The molecule has 0 spiro atoms. The Kier molecular flexibility index (Phi) is 6.77. The summed E-state index contributed by atoms with van der Waals surface area (Å²) in [6.45, 7) is 2.41. The molecule has 3 aromatic rings. The third-order valence-corrected chi connectivity index (χ3v) is 5.57. The zero-order valence-electron chi connectivity index (χ0n) is 16.8. The Balaban J connectivity index is 1.61. The van der Waals surface area contributed by atoms with Crippen LogP contribution in [0.2, 0.25) is 0 Å². The second-order valence-electron chi connectivity index (χ2n) is 6.73. The predicted octanol–water partition coefficient (Wildman–Crippen LogP) is 2.73. The van der Waals surface area contributed by atoms with E-state index in [0.717, 1.165) is 16.9 Å². The number of ether oxygens (including phenoxy) is 1. The maximum absolute atomic E-state index is 12.7. The second-order valence-corrected chi connectivity index (χ2v) is 8.04. The number of carbonyl (C=O) groups excluding carboxylic acids is 1. The Bertz CT molecular complexity index is 943. The van der Waals surface area contributed by atoms with Crippen LogP contribution in [0.4, 0.5) is 0 Å². The van der Waals surface area contributed by atoms with E-state index in [1.165, 1.54) is 16.4 Å². The summed E-state index contributed by atoms with van der Waals surface area (Å²) >= 11 is 1.31. The van der Waals surface area contributed by atoms with Crippen molar-refractivity contribution in [1.29, 1.82) is 0 Å². The molecule has 8 heteroatoms. The molecular weight excluding hydrogens is 386 g/mol. The van der Waals surface area contributed by atoms with Crippen LogP contribution in [0.25, 0.3) is 0 Å². The van der Waals surface area contributed by atoms with E-state index in [9.17, 15) is 4.79 Å². The highest BCUT2D eigenvalue weighted by Crippen LogP contribution is 2.23. The van der Waals surface area contributed by atoms with Gasteiger partial charge in [0.25, 0.3) is 0 Å². The molecule has 1 aromatic heterocycles. The molecule has 0 aliphatic heterocycles. The number of carbonyl (C=O) groups is 1. The summed E-state index contributed by atoms with van der Waals surface area (Å²) in [5.74, 6) is 7.62. The van der Waals surface area contributed by atoms with Crippen molar-refractivity contribution in [1.82, 2.24) is 19.8 Å². The molecule has 7 nitrogen and oxygen atoms in total. The zero-order valence-corrected chi connectivity index (χ0v) is 17.6. The first-order chi connectivity index (χ1) is 14.0. The highest BCUT2D eigenvalue weighted by Gasteiger charge is 2.22. The van der Waals surface area contributed by atoms with Crippen LogP contribution in [0.15, 0.2) is 59.8 Å². The van der Waals surface area contributed by atoms with Crippen molar-refractivity contribution in [2.45, 2.75) is 30.3 Å². The molecule has 0 saturated carbocycles. The minimum Gasteiger partial charge on any atom is -0.497 e. The number of benzene rings is 2. The van der Waals surface area contributed by atoms with Crippen molar-refractivity contribution in [3.63, 3.8) is 0 Å². The number of nitrogens with zero attached hydrogens (tertiary/aromatic N) is 4. The summed E-state index contributed by atoms with van der Waals surface area (Å²) < 4.78 is 6.63. The Labute approximate surface area is 174 Å². The van der Waals surface area contributed by atoms with Gasteiger partial charge in [-0.15, -0.1) is 10.2 Å².